The Morgan fingerprint density at radius 1 is 1.73 bits per heavy atom. The lowest BCUT2D eigenvalue weighted by Crippen LogP contribution is -2.24. The molecule has 1 atom stereocenters. The van der Waals surface area contributed by atoms with Gasteiger partial charge in [-0.25, -0.2) is 9.37 Å². The lowest BCUT2D eigenvalue weighted by Gasteiger charge is -2.02. The maximum absolute atomic E-state index is 11.8. The van der Waals surface area contributed by atoms with Crippen LogP contribution in [0.1, 0.15) is 5.69 Å². The van der Waals surface area contributed by atoms with Crippen LogP contribution in [0.3, 0.4) is 0 Å². The third-order valence-electron chi connectivity index (χ3n) is 1.24. The van der Waals surface area contributed by atoms with E-state index in [2.05, 4.69) is 9.97 Å². The highest BCUT2D eigenvalue weighted by atomic mass is 79.9. The van der Waals surface area contributed by atoms with Gasteiger partial charge in [0.1, 0.15) is 6.67 Å². The van der Waals surface area contributed by atoms with E-state index in [1.165, 1.54) is 0 Å². The average Bonchev–Trinajstić information content (AvgIpc) is 2.40. The molecule has 1 unspecified atom stereocenters. The molecular weight excluding hydrogens is 213 g/mol. The van der Waals surface area contributed by atoms with Gasteiger partial charge in [-0.1, -0.05) is 0 Å². The number of hydrogen-bond acceptors (Lipinski definition) is 2. The fourth-order valence-corrected chi connectivity index (χ4v) is 0.733. The van der Waals surface area contributed by atoms with Gasteiger partial charge in [0.15, 0.2) is 0 Å². The van der Waals surface area contributed by atoms with Crippen LogP contribution in [0.2, 0.25) is 0 Å². The van der Waals surface area contributed by atoms with E-state index in [0.29, 0.717) is 6.42 Å². The van der Waals surface area contributed by atoms with Crippen molar-refractivity contribution >= 4 is 17.0 Å². The summed E-state index contributed by atoms with van der Waals surface area (Å²) in [6.07, 6.45) is 3.73. The SMILES string of the molecule is Br.NC(CF)Cc1cnc[nH]1. The molecule has 1 rings (SSSR count). The maximum atomic E-state index is 11.8. The molecule has 11 heavy (non-hydrogen) atoms. The molecule has 0 spiro atoms. The number of halogens is 2. The van der Waals surface area contributed by atoms with E-state index in [9.17, 15) is 4.39 Å². The number of imidazole rings is 1. The Hall–Kier alpha value is -0.420. The van der Waals surface area contributed by atoms with Crippen molar-refractivity contribution in [3.63, 3.8) is 0 Å². The van der Waals surface area contributed by atoms with E-state index in [1.54, 1.807) is 12.5 Å². The molecule has 3 N–H and O–H groups in total. The first kappa shape index (κ1) is 10.6. The topological polar surface area (TPSA) is 54.7 Å². The van der Waals surface area contributed by atoms with Gasteiger partial charge in [-0.2, -0.15) is 0 Å². The zero-order valence-corrected chi connectivity index (χ0v) is 7.67. The highest BCUT2D eigenvalue weighted by molar-refractivity contribution is 8.93. The first-order valence-corrected chi connectivity index (χ1v) is 3.11. The standard InChI is InChI=1S/C6H10FN3.BrH/c7-2-5(8)1-6-3-9-4-10-6;/h3-5H,1-2,8H2,(H,9,10);1H. The molecule has 1 heterocycles. The zero-order valence-electron chi connectivity index (χ0n) is 5.96. The van der Waals surface area contributed by atoms with Crippen molar-refractivity contribution in [2.45, 2.75) is 12.5 Å². The van der Waals surface area contributed by atoms with Crippen LogP contribution < -0.4 is 5.73 Å². The number of nitrogens with one attached hydrogen (secondary N) is 1. The third kappa shape index (κ3) is 3.48. The van der Waals surface area contributed by atoms with Gasteiger partial charge in [0.05, 0.1) is 6.33 Å². The molecule has 0 radical (unpaired) electrons. The van der Waals surface area contributed by atoms with Crippen molar-refractivity contribution in [1.82, 2.24) is 9.97 Å². The minimum absolute atomic E-state index is 0. The van der Waals surface area contributed by atoms with Gasteiger partial charge in [0.2, 0.25) is 0 Å². The number of hydrogen-bond donors (Lipinski definition) is 2. The molecule has 0 saturated heterocycles. The summed E-state index contributed by atoms with van der Waals surface area (Å²) in [5, 5.41) is 0. The second-order valence-corrected chi connectivity index (χ2v) is 2.20. The molecule has 1 aromatic heterocycles. The van der Waals surface area contributed by atoms with Crippen LogP contribution in [0.4, 0.5) is 4.39 Å². The monoisotopic (exact) mass is 223 g/mol. The van der Waals surface area contributed by atoms with Crippen LogP contribution in [-0.4, -0.2) is 22.7 Å². The fourth-order valence-electron chi connectivity index (χ4n) is 0.733. The van der Waals surface area contributed by atoms with Crippen molar-refractivity contribution in [3.05, 3.63) is 18.2 Å². The Balaban J connectivity index is 0.000001000. The van der Waals surface area contributed by atoms with Gasteiger partial charge in [-0.05, 0) is 0 Å². The molecular formula is C6H11BrFN3. The first-order chi connectivity index (χ1) is 4.83. The lowest BCUT2D eigenvalue weighted by atomic mass is 10.2. The van der Waals surface area contributed by atoms with E-state index in [4.69, 9.17) is 5.73 Å². The summed E-state index contributed by atoms with van der Waals surface area (Å²) >= 11 is 0. The number of nitrogens with zero attached hydrogens (tertiary/aromatic N) is 1. The van der Waals surface area contributed by atoms with Gasteiger partial charge in [0, 0.05) is 24.4 Å². The third-order valence-corrected chi connectivity index (χ3v) is 1.24. The molecule has 0 fully saturated rings. The fraction of sp³-hybridized carbons (Fsp3) is 0.500. The molecule has 3 nitrogen and oxygen atoms in total. The molecule has 0 saturated carbocycles. The Morgan fingerprint density at radius 3 is 2.91 bits per heavy atom. The van der Waals surface area contributed by atoms with Gasteiger partial charge in [-0.15, -0.1) is 17.0 Å². The highest BCUT2D eigenvalue weighted by Gasteiger charge is 2.02. The number of aromatic amines is 1. The molecule has 0 amide bonds. The van der Waals surface area contributed by atoms with E-state index < -0.39 is 12.7 Å². The van der Waals surface area contributed by atoms with Gasteiger partial charge in [0.25, 0.3) is 0 Å². The summed E-state index contributed by atoms with van der Waals surface area (Å²) in [6.45, 7) is -0.487. The van der Waals surface area contributed by atoms with Crippen LogP contribution in [0.25, 0.3) is 0 Å². The molecule has 64 valence electrons. The number of aromatic nitrogens is 2. The molecule has 0 bridgehead atoms. The number of nitrogens with two attached hydrogens (primary N) is 1. The molecule has 5 heteroatoms. The van der Waals surface area contributed by atoms with Crippen molar-refractivity contribution in [1.29, 1.82) is 0 Å². The molecule has 0 aliphatic heterocycles. The summed E-state index contributed by atoms with van der Waals surface area (Å²) in [6, 6.07) is -0.402. The first-order valence-electron chi connectivity index (χ1n) is 3.11. The largest absolute Gasteiger partial charge is 0.348 e. The summed E-state index contributed by atoms with van der Waals surface area (Å²) in [5.41, 5.74) is 6.22. The second kappa shape index (κ2) is 5.26. The second-order valence-electron chi connectivity index (χ2n) is 2.20. The Morgan fingerprint density at radius 2 is 2.45 bits per heavy atom. The Kier molecular flexibility index (Phi) is 5.06. The van der Waals surface area contributed by atoms with Crippen molar-refractivity contribution < 1.29 is 4.39 Å². The van der Waals surface area contributed by atoms with E-state index in [1.807, 2.05) is 0 Å². The summed E-state index contributed by atoms with van der Waals surface area (Å²) in [4.78, 5) is 6.62. The normalized spacial score (nSPS) is 12.2. The molecule has 0 aliphatic rings. The molecule has 1 aromatic rings. The molecule has 0 aliphatic carbocycles. The van der Waals surface area contributed by atoms with Crippen LogP contribution in [0.15, 0.2) is 12.5 Å². The minimum atomic E-state index is -0.487. The van der Waals surface area contributed by atoms with Crippen LogP contribution in [0.5, 0.6) is 0 Å². The summed E-state index contributed by atoms with van der Waals surface area (Å²) < 4.78 is 11.8. The van der Waals surface area contributed by atoms with Crippen LogP contribution >= 0.6 is 17.0 Å². The number of alkyl halides is 1. The van der Waals surface area contributed by atoms with Gasteiger partial charge in [-0.3, -0.25) is 0 Å². The average molecular weight is 224 g/mol. The number of H-pyrrole nitrogens is 1. The highest BCUT2D eigenvalue weighted by Crippen LogP contribution is 1.95. The Labute approximate surface area is 75.0 Å². The van der Waals surface area contributed by atoms with Crippen LogP contribution in [0, 0.1) is 0 Å². The van der Waals surface area contributed by atoms with E-state index in [0.717, 1.165) is 5.69 Å². The van der Waals surface area contributed by atoms with E-state index in [-0.39, 0.29) is 17.0 Å². The smallest absolute Gasteiger partial charge is 0.105 e. The van der Waals surface area contributed by atoms with Crippen molar-refractivity contribution in [3.8, 4) is 0 Å². The quantitative estimate of drug-likeness (QED) is 0.798. The van der Waals surface area contributed by atoms with Gasteiger partial charge < -0.3 is 10.7 Å². The predicted octanol–water partition coefficient (Wildman–Crippen LogP) is 0.827. The maximum Gasteiger partial charge on any atom is 0.105 e. The molecule has 0 aromatic carbocycles. The predicted molar refractivity (Wildman–Crippen MR) is 46.6 cm³/mol. The van der Waals surface area contributed by atoms with Gasteiger partial charge >= 0.3 is 0 Å². The summed E-state index contributed by atoms with van der Waals surface area (Å²) in [5.74, 6) is 0. The van der Waals surface area contributed by atoms with Crippen LogP contribution in [-0.2, 0) is 6.42 Å². The van der Waals surface area contributed by atoms with Crippen molar-refractivity contribution in [2.75, 3.05) is 6.67 Å². The lowest BCUT2D eigenvalue weighted by molar-refractivity contribution is 0.425. The number of rotatable bonds is 3. The Bertz CT molecular complexity index is 178. The summed E-state index contributed by atoms with van der Waals surface area (Å²) in [7, 11) is 0. The van der Waals surface area contributed by atoms with Crippen molar-refractivity contribution in [2.24, 2.45) is 5.73 Å². The van der Waals surface area contributed by atoms with E-state index >= 15 is 0 Å². The minimum Gasteiger partial charge on any atom is -0.348 e. The zero-order chi connectivity index (χ0) is 7.40.